The molecule has 144 valence electrons. The van der Waals surface area contributed by atoms with Gasteiger partial charge in [-0.05, 0) is 67.1 Å². The van der Waals surface area contributed by atoms with Crippen molar-refractivity contribution in [2.24, 2.45) is 5.92 Å². The van der Waals surface area contributed by atoms with Crippen molar-refractivity contribution in [3.8, 4) is 11.1 Å². The van der Waals surface area contributed by atoms with Crippen LogP contribution in [-0.2, 0) is 6.42 Å². The van der Waals surface area contributed by atoms with Gasteiger partial charge in [0.1, 0.15) is 0 Å². The van der Waals surface area contributed by atoms with Gasteiger partial charge in [-0.1, -0.05) is 68.8 Å². The van der Waals surface area contributed by atoms with E-state index in [-0.39, 0.29) is 0 Å². The molecule has 1 aliphatic rings. The minimum absolute atomic E-state index is 0.348. The molecule has 0 spiro atoms. The van der Waals surface area contributed by atoms with E-state index in [1.807, 2.05) is 19.1 Å². The Hall–Kier alpha value is -1.96. The molecular weight excluding hydrogens is 338 g/mol. The second kappa shape index (κ2) is 9.30. The van der Waals surface area contributed by atoms with Gasteiger partial charge in [-0.3, -0.25) is 0 Å². The summed E-state index contributed by atoms with van der Waals surface area (Å²) in [6.07, 6.45) is 12.5. The lowest BCUT2D eigenvalue weighted by atomic mass is 9.78. The summed E-state index contributed by atoms with van der Waals surface area (Å²) in [5.41, 5.74) is 2.84. The zero-order valence-corrected chi connectivity index (χ0v) is 16.5. The van der Waals surface area contributed by atoms with Crippen LogP contribution in [-0.4, -0.2) is 0 Å². The quantitative estimate of drug-likeness (QED) is 0.456. The van der Waals surface area contributed by atoms with Gasteiger partial charge < -0.3 is 0 Å². The molecule has 3 rings (SSSR count). The molecule has 0 unspecified atom stereocenters. The van der Waals surface area contributed by atoms with E-state index in [2.05, 4.69) is 31.2 Å². The van der Waals surface area contributed by atoms with Gasteiger partial charge in [0.05, 0.1) is 0 Å². The first kappa shape index (κ1) is 19.8. The normalized spacial score (nSPS) is 20.3. The van der Waals surface area contributed by atoms with Crippen molar-refractivity contribution in [3.63, 3.8) is 0 Å². The molecular formula is C25H30F2. The standard InChI is InChI=1S/C25H30F2/c1-3-5-6-7-18-8-10-20(11-9-18)21-12-14-22(15-13-21)23-17-16-19(4-2)24(26)25(23)27/h6-7,12-18,20H,3-5,8-11H2,1-2H3. The molecule has 1 saturated carbocycles. The third-order valence-corrected chi connectivity index (χ3v) is 5.87. The summed E-state index contributed by atoms with van der Waals surface area (Å²) in [6, 6.07) is 11.4. The first-order chi connectivity index (χ1) is 13.1. The number of halogens is 2. The molecule has 1 aliphatic carbocycles. The predicted molar refractivity (Wildman–Crippen MR) is 110 cm³/mol. The monoisotopic (exact) mass is 368 g/mol. The number of allylic oxidation sites excluding steroid dienone is 2. The summed E-state index contributed by atoms with van der Waals surface area (Å²) in [5, 5.41) is 0. The van der Waals surface area contributed by atoms with E-state index >= 15 is 0 Å². The molecule has 0 radical (unpaired) electrons. The first-order valence-electron chi connectivity index (χ1n) is 10.4. The van der Waals surface area contributed by atoms with Crippen molar-refractivity contribution in [2.75, 3.05) is 0 Å². The maximum atomic E-state index is 14.4. The van der Waals surface area contributed by atoms with Gasteiger partial charge in [0, 0.05) is 5.56 Å². The Kier molecular flexibility index (Phi) is 6.82. The van der Waals surface area contributed by atoms with Crippen LogP contribution in [0.2, 0.25) is 0 Å². The molecule has 0 amide bonds. The molecule has 0 N–H and O–H groups in total. The lowest BCUT2D eigenvalue weighted by molar-refractivity contribution is 0.375. The Labute approximate surface area is 162 Å². The van der Waals surface area contributed by atoms with E-state index in [4.69, 9.17) is 0 Å². The third-order valence-electron chi connectivity index (χ3n) is 5.87. The summed E-state index contributed by atoms with van der Waals surface area (Å²) < 4.78 is 28.5. The van der Waals surface area contributed by atoms with Gasteiger partial charge >= 0.3 is 0 Å². The van der Waals surface area contributed by atoms with Crippen LogP contribution in [0, 0.1) is 17.6 Å². The van der Waals surface area contributed by atoms with Gasteiger partial charge in [-0.2, -0.15) is 0 Å². The summed E-state index contributed by atoms with van der Waals surface area (Å²) >= 11 is 0. The third kappa shape index (κ3) is 4.66. The topological polar surface area (TPSA) is 0 Å². The fraction of sp³-hybridized carbons (Fsp3) is 0.440. The number of benzene rings is 2. The Morgan fingerprint density at radius 2 is 1.59 bits per heavy atom. The molecule has 2 aromatic carbocycles. The van der Waals surface area contributed by atoms with Gasteiger partial charge in [0.2, 0.25) is 0 Å². The highest BCUT2D eigenvalue weighted by Gasteiger charge is 2.21. The molecule has 0 saturated heterocycles. The average Bonchev–Trinajstić information content (AvgIpc) is 2.71. The van der Waals surface area contributed by atoms with E-state index in [9.17, 15) is 8.78 Å². The molecule has 2 heteroatoms. The van der Waals surface area contributed by atoms with Crippen LogP contribution in [0.15, 0.2) is 48.6 Å². The Morgan fingerprint density at radius 1 is 0.889 bits per heavy atom. The molecule has 1 fully saturated rings. The second-order valence-corrected chi connectivity index (χ2v) is 7.70. The lowest BCUT2D eigenvalue weighted by Crippen LogP contribution is -2.11. The number of hydrogen-bond acceptors (Lipinski definition) is 0. The summed E-state index contributed by atoms with van der Waals surface area (Å²) in [7, 11) is 0. The van der Waals surface area contributed by atoms with E-state index in [0.717, 1.165) is 11.5 Å². The maximum Gasteiger partial charge on any atom is 0.166 e. The summed E-state index contributed by atoms with van der Waals surface area (Å²) in [5.74, 6) is -0.143. The van der Waals surface area contributed by atoms with Crippen LogP contribution >= 0.6 is 0 Å². The van der Waals surface area contributed by atoms with E-state index in [1.165, 1.54) is 44.1 Å². The zero-order chi connectivity index (χ0) is 19.2. The molecule has 0 atom stereocenters. The number of rotatable bonds is 6. The molecule has 0 bridgehead atoms. The smallest absolute Gasteiger partial charge is 0.166 e. The van der Waals surface area contributed by atoms with Crippen LogP contribution in [0.4, 0.5) is 8.78 Å². The van der Waals surface area contributed by atoms with Crippen LogP contribution in [0.1, 0.15) is 69.4 Å². The van der Waals surface area contributed by atoms with E-state index in [0.29, 0.717) is 23.5 Å². The van der Waals surface area contributed by atoms with Gasteiger partial charge in [-0.15, -0.1) is 0 Å². The van der Waals surface area contributed by atoms with Crippen LogP contribution in [0.3, 0.4) is 0 Å². The molecule has 0 heterocycles. The zero-order valence-electron chi connectivity index (χ0n) is 16.5. The molecule has 0 aromatic heterocycles. The molecule has 0 aliphatic heterocycles. The highest BCUT2D eigenvalue weighted by molar-refractivity contribution is 5.65. The maximum absolute atomic E-state index is 14.4. The Balaban J connectivity index is 1.67. The molecule has 2 aromatic rings. The van der Waals surface area contributed by atoms with Crippen molar-refractivity contribution in [2.45, 2.75) is 64.7 Å². The minimum atomic E-state index is -0.735. The summed E-state index contributed by atoms with van der Waals surface area (Å²) in [6.45, 7) is 4.05. The number of hydrogen-bond donors (Lipinski definition) is 0. The van der Waals surface area contributed by atoms with Crippen molar-refractivity contribution >= 4 is 0 Å². The second-order valence-electron chi connectivity index (χ2n) is 7.70. The highest BCUT2D eigenvalue weighted by atomic mass is 19.2. The molecule has 27 heavy (non-hydrogen) atoms. The number of aryl methyl sites for hydroxylation is 1. The van der Waals surface area contributed by atoms with Crippen molar-refractivity contribution in [1.29, 1.82) is 0 Å². The van der Waals surface area contributed by atoms with Gasteiger partial charge in [0.15, 0.2) is 11.6 Å². The highest BCUT2D eigenvalue weighted by Crippen LogP contribution is 2.37. The SMILES string of the molecule is CCCC=CC1CCC(c2ccc(-c3ccc(CC)c(F)c3F)cc2)CC1. The van der Waals surface area contributed by atoms with Gasteiger partial charge in [-0.25, -0.2) is 8.78 Å². The fourth-order valence-corrected chi connectivity index (χ4v) is 4.12. The average molecular weight is 369 g/mol. The van der Waals surface area contributed by atoms with Crippen LogP contribution in [0.25, 0.3) is 11.1 Å². The fourth-order valence-electron chi connectivity index (χ4n) is 4.12. The van der Waals surface area contributed by atoms with Crippen LogP contribution in [0.5, 0.6) is 0 Å². The minimum Gasteiger partial charge on any atom is -0.203 e. The number of unbranched alkanes of at least 4 members (excludes halogenated alkanes) is 1. The predicted octanol–water partition coefficient (Wildman–Crippen LogP) is 7.82. The van der Waals surface area contributed by atoms with E-state index < -0.39 is 11.6 Å². The van der Waals surface area contributed by atoms with Gasteiger partial charge in [0.25, 0.3) is 0 Å². The Morgan fingerprint density at radius 3 is 2.22 bits per heavy atom. The Bertz CT molecular complexity index is 766. The van der Waals surface area contributed by atoms with Crippen LogP contribution < -0.4 is 0 Å². The lowest BCUT2D eigenvalue weighted by Gasteiger charge is -2.27. The first-order valence-corrected chi connectivity index (χ1v) is 10.4. The summed E-state index contributed by atoms with van der Waals surface area (Å²) in [4.78, 5) is 0. The van der Waals surface area contributed by atoms with Crippen molar-refractivity contribution in [3.05, 3.63) is 71.3 Å². The van der Waals surface area contributed by atoms with Crippen molar-refractivity contribution < 1.29 is 8.78 Å². The van der Waals surface area contributed by atoms with E-state index in [1.54, 1.807) is 12.1 Å². The largest absolute Gasteiger partial charge is 0.203 e. The van der Waals surface area contributed by atoms with Crippen molar-refractivity contribution in [1.82, 2.24) is 0 Å². The molecule has 0 nitrogen and oxygen atoms in total.